The highest BCUT2D eigenvalue weighted by Gasteiger charge is 2.23. The SMILES string of the molecule is CCSc1ccc(C(=O)N(CCN2CCOCC2)c2nc3c(C)cc(C)cc3s2)cc1. The van der Waals surface area contributed by atoms with E-state index in [2.05, 4.69) is 37.8 Å². The molecule has 0 spiro atoms. The highest BCUT2D eigenvalue weighted by Crippen LogP contribution is 2.32. The van der Waals surface area contributed by atoms with Crippen LogP contribution >= 0.6 is 23.1 Å². The van der Waals surface area contributed by atoms with Crippen LogP contribution in [-0.2, 0) is 4.74 Å². The first-order valence-corrected chi connectivity index (χ1v) is 12.6. The van der Waals surface area contributed by atoms with Crippen molar-refractivity contribution in [3.8, 4) is 0 Å². The lowest BCUT2D eigenvalue weighted by Gasteiger charge is -2.29. The number of carbonyl (C=O) groups is 1. The van der Waals surface area contributed by atoms with Gasteiger partial charge in [0.25, 0.3) is 5.91 Å². The fourth-order valence-electron chi connectivity index (χ4n) is 3.84. The van der Waals surface area contributed by atoms with Gasteiger partial charge in [0.2, 0.25) is 0 Å². The second kappa shape index (κ2) is 10.1. The molecule has 0 aliphatic carbocycles. The minimum Gasteiger partial charge on any atom is -0.379 e. The Morgan fingerprint density at radius 2 is 1.94 bits per heavy atom. The van der Waals surface area contributed by atoms with Gasteiger partial charge in [0.1, 0.15) is 0 Å². The van der Waals surface area contributed by atoms with Gasteiger partial charge in [0.05, 0.1) is 23.4 Å². The number of anilines is 1. The third-order valence-corrected chi connectivity index (χ3v) is 7.37. The fraction of sp³-hybridized carbons (Fsp3) is 0.417. The lowest BCUT2D eigenvalue weighted by molar-refractivity contribution is 0.0391. The number of fused-ring (bicyclic) bond motifs is 1. The van der Waals surface area contributed by atoms with Gasteiger partial charge in [0.15, 0.2) is 5.13 Å². The van der Waals surface area contributed by atoms with E-state index in [0.29, 0.717) is 12.1 Å². The summed E-state index contributed by atoms with van der Waals surface area (Å²) in [6.45, 7) is 11.1. The van der Waals surface area contributed by atoms with Gasteiger partial charge in [-0.05, 0) is 61.1 Å². The van der Waals surface area contributed by atoms with E-state index in [-0.39, 0.29) is 5.91 Å². The number of thiazole rings is 1. The zero-order valence-electron chi connectivity index (χ0n) is 18.4. The van der Waals surface area contributed by atoms with Crippen LogP contribution in [0.4, 0.5) is 5.13 Å². The third kappa shape index (κ3) is 5.29. The van der Waals surface area contributed by atoms with Crippen molar-refractivity contribution in [2.45, 2.75) is 25.7 Å². The lowest BCUT2D eigenvalue weighted by Crippen LogP contribution is -2.43. The smallest absolute Gasteiger partial charge is 0.260 e. The van der Waals surface area contributed by atoms with Crippen molar-refractivity contribution in [2.24, 2.45) is 0 Å². The Morgan fingerprint density at radius 3 is 2.65 bits per heavy atom. The van der Waals surface area contributed by atoms with E-state index in [4.69, 9.17) is 9.72 Å². The predicted molar refractivity (Wildman–Crippen MR) is 131 cm³/mol. The number of carbonyl (C=O) groups excluding carboxylic acids is 1. The molecule has 31 heavy (non-hydrogen) atoms. The number of thioether (sulfide) groups is 1. The van der Waals surface area contributed by atoms with E-state index in [1.54, 1.807) is 23.1 Å². The molecule has 0 unspecified atom stereocenters. The molecule has 0 saturated carbocycles. The summed E-state index contributed by atoms with van der Waals surface area (Å²) >= 11 is 3.38. The molecule has 1 aliphatic heterocycles. The lowest BCUT2D eigenvalue weighted by atomic mass is 10.1. The van der Waals surface area contributed by atoms with E-state index >= 15 is 0 Å². The van der Waals surface area contributed by atoms with Crippen LogP contribution in [0.3, 0.4) is 0 Å². The number of rotatable bonds is 7. The molecule has 0 radical (unpaired) electrons. The average molecular weight is 456 g/mol. The molecule has 1 aromatic heterocycles. The van der Waals surface area contributed by atoms with Crippen LogP contribution in [0.2, 0.25) is 0 Å². The Labute approximate surface area is 192 Å². The summed E-state index contributed by atoms with van der Waals surface area (Å²) in [7, 11) is 0. The molecule has 2 heterocycles. The summed E-state index contributed by atoms with van der Waals surface area (Å²) in [6.07, 6.45) is 0. The highest BCUT2D eigenvalue weighted by molar-refractivity contribution is 7.99. The molecule has 0 atom stereocenters. The van der Waals surface area contributed by atoms with Gasteiger partial charge in [-0.3, -0.25) is 14.6 Å². The van der Waals surface area contributed by atoms with Crippen LogP contribution in [-0.4, -0.2) is 60.9 Å². The monoisotopic (exact) mass is 455 g/mol. The van der Waals surface area contributed by atoms with E-state index in [9.17, 15) is 4.79 Å². The van der Waals surface area contributed by atoms with E-state index < -0.39 is 0 Å². The fourth-order valence-corrected chi connectivity index (χ4v) is 5.67. The van der Waals surface area contributed by atoms with Gasteiger partial charge >= 0.3 is 0 Å². The molecule has 1 fully saturated rings. The molecule has 3 aromatic rings. The zero-order valence-corrected chi connectivity index (χ0v) is 20.0. The van der Waals surface area contributed by atoms with Crippen LogP contribution in [0, 0.1) is 13.8 Å². The third-order valence-electron chi connectivity index (χ3n) is 5.45. The Hall–Kier alpha value is -1.93. The first kappa shape index (κ1) is 22.3. The molecule has 1 aliphatic rings. The summed E-state index contributed by atoms with van der Waals surface area (Å²) in [5.41, 5.74) is 4.06. The number of hydrogen-bond acceptors (Lipinski definition) is 6. The normalized spacial score (nSPS) is 14.8. The molecule has 164 valence electrons. The molecule has 4 rings (SSSR count). The van der Waals surface area contributed by atoms with Crippen molar-refractivity contribution in [1.82, 2.24) is 9.88 Å². The second-order valence-electron chi connectivity index (χ2n) is 7.79. The Kier molecular flexibility index (Phi) is 7.27. The van der Waals surface area contributed by atoms with Gasteiger partial charge in [-0.1, -0.05) is 24.3 Å². The van der Waals surface area contributed by atoms with Gasteiger partial charge in [0, 0.05) is 36.6 Å². The number of morpholine rings is 1. The van der Waals surface area contributed by atoms with Crippen molar-refractivity contribution in [3.63, 3.8) is 0 Å². The molecule has 2 aromatic carbocycles. The number of ether oxygens (including phenoxy) is 1. The molecule has 5 nitrogen and oxygen atoms in total. The van der Waals surface area contributed by atoms with Crippen LogP contribution in [0.5, 0.6) is 0 Å². The average Bonchev–Trinajstić information content (AvgIpc) is 3.19. The minimum absolute atomic E-state index is 0.00902. The highest BCUT2D eigenvalue weighted by atomic mass is 32.2. The molecule has 0 bridgehead atoms. The van der Waals surface area contributed by atoms with Crippen molar-refractivity contribution in [3.05, 3.63) is 53.1 Å². The number of aryl methyl sites for hydroxylation is 2. The summed E-state index contributed by atoms with van der Waals surface area (Å²) in [5.74, 6) is 1.03. The van der Waals surface area contributed by atoms with E-state index in [1.807, 2.05) is 29.2 Å². The maximum Gasteiger partial charge on any atom is 0.260 e. The van der Waals surface area contributed by atoms with Crippen LogP contribution in [0.25, 0.3) is 10.2 Å². The van der Waals surface area contributed by atoms with Gasteiger partial charge in [-0.15, -0.1) is 11.8 Å². The molecular formula is C24H29N3O2S2. The second-order valence-corrected chi connectivity index (χ2v) is 10.1. The Bertz CT molecular complexity index is 1040. The summed E-state index contributed by atoms with van der Waals surface area (Å²) in [6, 6.07) is 12.2. The van der Waals surface area contributed by atoms with Crippen LogP contribution in [0.15, 0.2) is 41.3 Å². The summed E-state index contributed by atoms with van der Waals surface area (Å²) in [5, 5.41) is 0.772. The number of benzene rings is 2. The van der Waals surface area contributed by atoms with Crippen LogP contribution in [0.1, 0.15) is 28.4 Å². The van der Waals surface area contributed by atoms with Crippen molar-refractivity contribution in [1.29, 1.82) is 0 Å². The molecule has 1 amide bonds. The largest absolute Gasteiger partial charge is 0.379 e. The first-order chi connectivity index (χ1) is 15.0. The van der Waals surface area contributed by atoms with Gasteiger partial charge < -0.3 is 4.74 Å². The summed E-state index contributed by atoms with van der Waals surface area (Å²) in [4.78, 5) is 23.8. The summed E-state index contributed by atoms with van der Waals surface area (Å²) < 4.78 is 6.60. The molecule has 1 saturated heterocycles. The number of amides is 1. The number of aromatic nitrogens is 1. The predicted octanol–water partition coefficient (Wildman–Crippen LogP) is 5.00. The van der Waals surface area contributed by atoms with Crippen LogP contribution < -0.4 is 4.90 Å². The maximum absolute atomic E-state index is 13.6. The maximum atomic E-state index is 13.6. The van der Waals surface area contributed by atoms with E-state index in [1.165, 1.54) is 10.5 Å². The first-order valence-electron chi connectivity index (χ1n) is 10.8. The number of nitrogens with zero attached hydrogens (tertiary/aromatic N) is 3. The molecule has 0 N–H and O–H groups in total. The quantitative estimate of drug-likeness (QED) is 0.469. The van der Waals surface area contributed by atoms with Crippen molar-refractivity contribution in [2.75, 3.05) is 50.0 Å². The molecular weight excluding hydrogens is 426 g/mol. The van der Waals surface area contributed by atoms with Crippen molar-refractivity contribution >= 4 is 44.4 Å². The molecule has 7 heteroatoms. The Morgan fingerprint density at radius 1 is 1.19 bits per heavy atom. The number of hydrogen-bond donors (Lipinski definition) is 0. The van der Waals surface area contributed by atoms with Crippen molar-refractivity contribution < 1.29 is 9.53 Å². The Balaban J connectivity index is 1.63. The van der Waals surface area contributed by atoms with Gasteiger partial charge in [-0.2, -0.15) is 0 Å². The van der Waals surface area contributed by atoms with E-state index in [0.717, 1.165) is 59.5 Å². The zero-order chi connectivity index (χ0) is 21.8. The standard InChI is InChI=1S/C24H29N3O2S2/c1-4-30-20-7-5-19(6-8-20)23(28)27(10-9-26-11-13-29-14-12-26)24-25-22-18(3)15-17(2)16-21(22)31-24/h5-8,15-16H,4,9-14H2,1-3H3. The minimum atomic E-state index is 0.00902. The van der Waals surface area contributed by atoms with Gasteiger partial charge in [-0.25, -0.2) is 4.98 Å². The topological polar surface area (TPSA) is 45.7 Å².